The number of ether oxygens (including phenoxy) is 1. The van der Waals surface area contributed by atoms with Gasteiger partial charge in [-0.1, -0.05) is 67.2 Å². The van der Waals surface area contributed by atoms with E-state index < -0.39 is 0 Å². The van der Waals surface area contributed by atoms with Gasteiger partial charge in [0.25, 0.3) is 5.56 Å². The van der Waals surface area contributed by atoms with Gasteiger partial charge in [-0.2, -0.15) is 5.10 Å². The molecule has 0 aliphatic carbocycles. The van der Waals surface area contributed by atoms with Gasteiger partial charge in [-0.25, -0.2) is 9.36 Å². The molecule has 2 aliphatic rings. The summed E-state index contributed by atoms with van der Waals surface area (Å²) in [5.41, 5.74) is 5.86. The number of morpholine rings is 1. The van der Waals surface area contributed by atoms with Crippen LogP contribution in [0.25, 0.3) is 39.6 Å². The minimum atomic E-state index is -0.134. The standard InChI is InChI=1S/C28H25N5O2/c1-20-16-23(32-28(34)19-25(29-32)22-10-6-3-7-11-22)17-27(31-12-14-35-15-13-31)33-26(20)18-24(30-33)21-8-4-2-5-9-21/h2-11,16-19,29H,1,12-15H2. The van der Waals surface area contributed by atoms with Crippen molar-refractivity contribution in [1.82, 2.24) is 24.5 Å². The number of hydrogen-bond donors (Lipinski definition) is 1. The van der Waals surface area contributed by atoms with E-state index in [1.165, 1.54) is 0 Å². The van der Waals surface area contributed by atoms with Crippen LogP contribution in [0, 0.1) is 0 Å². The largest absolute Gasteiger partial charge is 0.378 e. The quantitative estimate of drug-likeness (QED) is 0.487. The van der Waals surface area contributed by atoms with E-state index in [0.717, 1.165) is 52.7 Å². The topological polar surface area (TPSA) is 68.1 Å². The summed E-state index contributed by atoms with van der Waals surface area (Å²) >= 11 is 0. The van der Waals surface area contributed by atoms with Crippen molar-refractivity contribution < 1.29 is 4.74 Å². The molecule has 4 heterocycles. The normalized spacial score (nSPS) is 15.9. The zero-order valence-electron chi connectivity index (χ0n) is 19.2. The molecule has 4 aromatic rings. The Labute approximate surface area is 202 Å². The van der Waals surface area contributed by atoms with E-state index in [-0.39, 0.29) is 5.56 Å². The highest BCUT2D eigenvalue weighted by Gasteiger charge is 2.24. The summed E-state index contributed by atoms with van der Waals surface area (Å²) in [6, 6.07) is 23.6. The van der Waals surface area contributed by atoms with E-state index in [1.54, 1.807) is 10.7 Å². The molecule has 2 aromatic heterocycles. The summed E-state index contributed by atoms with van der Waals surface area (Å²) in [7, 11) is 0. The Hall–Kier alpha value is -4.36. The lowest BCUT2D eigenvalue weighted by atomic mass is 10.1. The number of nitrogens with one attached hydrogen (secondary N) is 1. The van der Waals surface area contributed by atoms with Crippen molar-refractivity contribution in [2.24, 2.45) is 0 Å². The average Bonchev–Trinajstić information content (AvgIpc) is 3.49. The maximum Gasteiger partial charge on any atom is 0.271 e. The summed E-state index contributed by atoms with van der Waals surface area (Å²) in [6.07, 6.45) is 3.93. The summed E-state index contributed by atoms with van der Waals surface area (Å²) in [6.45, 7) is 7.08. The predicted octanol–water partition coefficient (Wildman–Crippen LogP) is 4.41. The van der Waals surface area contributed by atoms with E-state index in [4.69, 9.17) is 9.84 Å². The molecule has 7 heteroatoms. The zero-order valence-corrected chi connectivity index (χ0v) is 19.2. The van der Waals surface area contributed by atoms with Gasteiger partial charge in [0, 0.05) is 30.8 Å². The Morgan fingerprint density at radius 3 is 2.29 bits per heavy atom. The SMILES string of the molecule is C=C1C=C(n2[nH]c(-c3ccccc3)cc2=O)C=C(N2CCOCC2)n2nc(-c3ccccc3)cc21. The molecular formula is C28H25N5O2. The Balaban J connectivity index is 1.48. The second kappa shape index (κ2) is 8.77. The lowest BCUT2D eigenvalue weighted by Crippen LogP contribution is -2.37. The molecular weight excluding hydrogens is 438 g/mol. The van der Waals surface area contributed by atoms with Crippen LogP contribution in [0.5, 0.6) is 0 Å². The lowest BCUT2D eigenvalue weighted by Gasteiger charge is -2.31. The van der Waals surface area contributed by atoms with Crippen LogP contribution >= 0.6 is 0 Å². The lowest BCUT2D eigenvalue weighted by molar-refractivity contribution is 0.0612. The number of allylic oxidation sites excluding steroid dienone is 4. The number of H-pyrrole nitrogens is 1. The molecule has 0 spiro atoms. The molecule has 2 aromatic carbocycles. The second-order valence-electron chi connectivity index (χ2n) is 8.60. The summed E-state index contributed by atoms with van der Waals surface area (Å²) in [5.74, 6) is 0.887. The molecule has 7 nitrogen and oxygen atoms in total. The molecule has 0 unspecified atom stereocenters. The van der Waals surface area contributed by atoms with Crippen LogP contribution in [0.3, 0.4) is 0 Å². The Kier molecular flexibility index (Phi) is 5.31. The first kappa shape index (κ1) is 21.2. The molecule has 0 atom stereocenters. The first-order valence-corrected chi connectivity index (χ1v) is 11.7. The summed E-state index contributed by atoms with van der Waals surface area (Å²) < 4.78 is 9.10. The maximum atomic E-state index is 13.0. The molecule has 1 saturated heterocycles. The van der Waals surface area contributed by atoms with Crippen molar-refractivity contribution in [3.8, 4) is 22.5 Å². The molecule has 0 amide bonds. The van der Waals surface area contributed by atoms with Gasteiger partial charge in [0.05, 0.1) is 36.0 Å². The van der Waals surface area contributed by atoms with E-state index in [9.17, 15) is 4.79 Å². The third kappa shape index (κ3) is 3.96. The maximum absolute atomic E-state index is 13.0. The number of fused-ring (bicyclic) bond motifs is 1. The van der Waals surface area contributed by atoms with Crippen molar-refractivity contribution >= 4 is 17.1 Å². The van der Waals surface area contributed by atoms with E-state index in [0.29, 0.717) is 18.9 Å². The number of benzene rings is 2. The van der Waals surface area contributed by atoms with E-state index in [1.807, 2.05) is 77.5 Å². The van der Waals surface area contributed by atoms with Gasteiger partial charge in [-0.15, -0.1) is 0 Å². The van der Waals surface area contributed by atoms with Crippen LogP contribution in [0.4, 0.5) is 0 Å². The number of aromatic nitrogens is 4. The van der Waals surface area contributed by atoms with Crippen molar-refractivity contribution in [2.75, 3.05) is 26.3 Å². The smallest absolute Gasteiger partial charge is 0.271 e. The van der Waals surface area contributed by atoms with Gasteiger partial charge in [0.2, 0.25) is 0 Å². The molecule has 0 bridgehead atoms. The van der Waals surface area contributed by atoms with Gasteiger partial charge in [0.15, 0.2) is 0 Å². The molecule has 6 rings (SSSR count). The van der Waals surface area contributed by atoms with E-state index >= 15 is 0 Å². The monoisotopic (exact) mass is 463 g/mol. The van der Waals surface area contributed by atoms with Crippen molar-refractivity contribution in [1.29, 1.82) is 0 Å². The third-order valence-electron chi connectivity index (χ3n) is 6.32. The van der Waals surface area contributed by atoms with Gasteiger partial charge < -0.3 is 9.64 Å². The minimum absolute atomic E-state index is 0.134. The van der Waals surface area contributed by atoms with Gasteiger partial charge in [-0.05, 0) is 23.3 Å². The minimum Gasteiger partial charge on any atom is -0.378 e. The highest BCUT2D eigenvalue weighted by atomic mass is 16.5. The van der Waals surface area contributed by atoms with Gasteiger partial charge in [0.1, 0.15) is 5.82 Å². The number of rotatable bonds is 4. The second-order valence-corrected chi connectivity index (χ2v) is 8.60. The van der Waals surface area contributed by atoms with Crippen molar-refractivity contribution in [3.63, 3.8) is 0 Å². The number of aromatic amines is 1. The first-order valence-electron chi connectivity index (χ1n) is 11.7. The summed E-state index contributed by atoms with van der Waals surface area (Å²) in [5, 5.41) is 8.24. The van der Waals surface area contributed by atoms with Crippen molar-refractivity contribution in [2.45, 2.75) is 0 Å². The van der Waals surface area contributed by atoms with E-state index in [2.05, 4.69) is 22.6 Å². The third-order valence-corrected chi connectivity index (χ3v) is 6.32. The fourth-order valence-electron chi connectivity index (χ4n) is 4.52. The Morgan fingerprint density at radius 1 is 0.886 bits per heavy atom. The number of hydrogen-bond acceptors (Lipinski definition) is 4. The molecule has 0 saturated carbocycles. The first-order chi connectivity index (χ1) is 17.2. The molecule has 2 aliphatic heterocycles. The van der Waals surface area contributed by atoms with Crippen LogP contribution in [0.2, 0.25) is 0 Å². The fraction of sp³-hybridized carbons (Fsp3) is 0.143. The van der Waals surface area contributed by atoms with Crippen LogP contribution in [-0.2, 0) is 4.74 Å². The molecule has 1 fully saturated rings. The Morgan fingerprint density at radius 2 is 1.57 bits per heavy atom. The predicted molar refractivity (Wildman–Crippen MR) is 138 cm³/mol. The van der Waals surface area contributed by atoms with Crippen LogP contribution < -0.4 is 5.56 Å². The fourth-order valence-corrected chi connectivity index (χ4v) is 4.52. The zero-order chi connectivity index (χ0) is 23.8. The molecule has 1 N–H and O–H groups in total. The van der Waals surface area contributed by atoms with Crippen LogP contribution in [0.1, 0.15) is 5.69 Å². The number of nitrogens with zero attached hydrogens (tertiary/aromatic N) is 4. The average molecular weight is 464 g/mol. The van der Waals surface area contributed by atoms with Gasteiger partial charge >= 0.3 is 0 Å². The summed E-state index contributed by atoms with van der Waals surface area (Å²) in [4.78, 5) is 15.3. The van der Waals surface area contributed by atoms with Crippen molar-refractivity contribution in [3.05, 3.63) is 108 Å². The van der Waals surface area contributed by atoms with Gasteiger partial charge in [-0.3, -0.25) is 9.89 Å². The van der Waals surface area contributed by atoms with Crippen LogP contribution in [-0.4, -0.2) is 50.8 Å². The highest BCUT2D eigenvalue weighted by Crippen LogP contribution is 2.32. The highest BCUT2D eigenvalue weighted by molar-refractivity contribution is 5.86. The molecule has 174 valence electrons. The van der Waals surface area contributed by atoms with Crippen LogP contribution in [0.15, 0.2) is 96.3 Å². The molecule has 35 heavy (non-hydrogen) atoms. The molecule has 0 radical (unpaired) electrons. The Bertz CT molecular complexity index is 1500.